The molecular weight excluding hydrogens is 232 g/mol. The predicted molar refractivity (Wildman–Crippen MR) is 69.3 cm³/mol. The van der Waals surface area contributed by atoms with Crippen LogP contribution in [0.2, 0.25) is 0 Å². The molecule has 1 unspecified atom stereocenters. The highest BCUT2D eigenvalue weighted by Gasteiger charge is 2.14. The Hall–Kier alpha value is -2.08. The van der Waals surface area contributed by atoms with Crippen LogP contribution in [0, 0.1) is 0 Å². The second-order valence-electron chi connectivity index (χ2n) is 4.13. The van der Waals surface area contributed by atoms with Gasteiger partial charge >= 0.3 is 0 Å². The molecule has 1 aromatic heterocycles. The van der Waals surface area contributed by atoms with E-state index in [1.54, 1.807) is 25.3 Å². The maximum Gasteiger partial charge on any atom is 0.272 e. The number of aromatic amines is 1. The Morgan fingerprint density at radius 3 is 3.11 bits per heavy atom. The van der Waals surface area contributed by atoms with Crippen molar-refractivity contribution in [1.29, 1.82) is 0 Å². The average molecular weight is 248 g/mol. The molecule has 0 fully saturated rings. The minimum atomic E-state index is -0.240. The molecule has 0 aliphatic heterocycles. The van der Waals surface area contributed by atoms with Crippen molar-refractivity contribution in [3.05, 3.63) is 23.9 Å². The van der Waals surface area contributed by atoms with Gasteiger partial charge in [-0.2, -0.15) is 5.10 Å². The van der Waals surface area contributed by atoms with Gasteiger partial charge in [0.05, 0.1) is 11.6 Å². The van der Waals surface area contributed by atoms with Crippen LogP contribution < -0.4 is 11.1 Å². The summed E-state index contributed by atoms with van der Waals surface area (Å²) in [6.07, 6.45) is -0.0378. The highest BCUT2D eigenvalue weighted by Crippen LogP contribution is 2.18. The first-order valence-corrected chi connectivity index (χ1v) is 5.66. The van der Waals surface area contributed by atoms with E-state index in [4.69, 9.17) is 10.5 Å². The number of H-pyrrole nitrogens is 1. The first-order chi connectivity index (χ1) is 8.61. The lowest BCUT2D eigenvalue weighted by atomic mass is 10.2. The lowest BCUT2D eigenvalue weighted by molar-refractivity contribution is 0.0867. The van der Waals surface area contributed by atoms with Crippen molar-refractivity contribution in [2.24, 2.45) is 0 Å². The van der Waals surface area contributed by atoms with E-state index in [9.17, 15) is 4.79 Å². The summed E-state index contributed by atoms with van der Waals surface area (Å²) < 4.78 is 5.06. The van der Waals surface area contributed by atoms with Crippen LogP contribution in [0.4, 0.5) is 5.69 Å². The number of carbonyl (C=O) groups excluding carboxylic acids is 1. The quantitative estimate of drug-likeness (QED) is 0.701. The van der Waals surface area contributed by atoms with Gasteiger partial charge in [-0.25, -0.2) is 0 Å². The number of nitrogen functional groups attached to an aromatic ring is 1. The molecule has 2 aromatic rings. The second kappa shape index (κ2) is 5.05. The van der Waals surface area contributed by atoms with Crippen molar-refractivity contribution in [2.45, 2.75) is 13.0 Å². The smallest absolute Gasteiger partial charge is 0.272 e. The van der Waals surface area contributed by atoms with Crippen LogP contribution in [-0.4, -0.2) is 35.9 Å². The fraction of sp³-hybridized carbons (Fsp3) is 0.333. The van der Waals surface area contributed by atoms with Crippen LogP contribution in [-0.2, 0) is 4.74 Å². The lowest BCUT2D eigenvalue weighted by Gasteiger charge is -2.09. The van der Waals surface area contributed by atoms with Crippen molar-refractivity contribution in [1.82, 2.24) is 15.5 Å². The average Bonchev–Trinajstić information content (AvgIpc) is 2.78. The molecule has 0 bridgehead atoms. The maximum absolute atomic E-state index is 12.0. The Morgan fingerprint density at radius 2 is 2.39 bits per heavy atom. The molecule has 2 rings (SSSR count). The maximum atomic E-state index is 12.0. The molecule has 0 saturated heterocycles. The van der Waals surface area contributed by atoms with Crippen molar-refractivity contribution in [2.75, 3.05) is 19.4 Å². The lowest BCUT2D eigenvalue weighted by Crippen LogP contribution is -2.31. The van der Waals surface area contributed by atoms with Gasteiger partial charge in [0, 0.05) is 24.7 Å². The molecule has 0 spiro atoms. The molecule has 0 radical (unpaired) electrons. The number of amides is 1. The first-order valence-electron chi connectivity index (χ1n) is 5.66. The van der Waals surface area contributed by atoms with Gasteiger partial charge in [-0.05, 0) is 25.1 Å². The molecule has 1 aromatic carbocycles. The zero-order valence-corrected chi connectivity index (χ0v) is 10.4. The predicted octanol–water partition coefficient (Wildman–Crippen LogP) is 0.910. The van der Waals surface area contributed by atoms with Gasteiger partial charge < -0.3 is 15.8 Å². The van der Waals surface area contributed by atoms with Crippen molar-refractivity contribution < 1.29 is 9.53 Å². The number of benzene rings is 1. The highest BCUT2D eigenvalue weighted by atomic mass is 16.5. The Bertz CT molecular complexity index is 564. The summed E-state index contributed by atoms with van der Waals surface area (Å²) in [6, 6.07) is 5.29. The van der Waals surface area contributed by atoms with E-state index in [1.165, 1.54) is 0 Å². The number of hydrogen-bond acceptors (Lipinski definition) is 4. The number of rotatable bonds is 4. The number of carbonyl (C=O) groups is 1. The van der Waals surface area contributed by atoms with Gasteiger partial charge in [-0.3, -0.25) is 9.89 Å². The summed E-state index contributed by atoms with van der Waals surface area (Å²) in [6.45, 7) is 2.31. The molecule has 1 atom stereocenters. The van der Waals surface area contributed by atoms with Gasteiger partial charge in [0.15, 0.2) is 5.69 Å². The normalized spacial score (nSPS) is 12.6. The molecule has 1 heterocycles. The minimum absolute atomic E-state index is 0.0378. The third-order valence-electron chi connectivity index (χ3n) is 2.75. The van der Waals surface area contributed by atoms with Crippen molar-refractivity contribution in [3.63, 3.8) is 0 Å². The Balaban J connectivity index is 2.20. The molecule has 96 valence electrons. The van der Waals surface area contributed by atoms with E-state index < -0.39 is 0 Å². The highest BCUT2D eigenvalue weighted by molar-refractivity contribution is 6.05. The van der Waals surface area contributed by atoms with Crippen LogP contribution >= 0.6 is 0 Å². The van der Waals surface area contributed by atoms with E-state index >= 15 is 0 Å². The van der Waals surface area contributed by atoms with E-state index in [0.717, 1.165) is 10.9 Å². The summed E-state index contributed by atoms with van der Waals surface area (Å²) in [4.78, 5) is 12.0. The van der Waals surface area contributed by atoms with Crippen LogP contribution in [0.1, 0.15) is 17.4 Å². The van der Waals surface area contributed by atoms with Gasteiger partial charge in [-0.1, -0.05) is 0 Å². The van der Waals surface area contributed by atoms with Gasteiger partial charge in [0.1, 0.15) is 0 Å². The summed E-state index contributed by atoms with van der Waals surface area (Å²) in [5.74, 6) is -0.240. The number of aromatic nitrogens is 2. The van der Waals surface area contributed by atoms with Crippen LogP contribution in [0.15, 0.2) is 18.2 Å². The van der Waals surface area contributed by atoms with E-state index in [2.05, 4.69) is 15.5 Å². The Morgan fingerprint density at radius 1 is 1.61 bits per heavy atom. The number of fused-ring (bicyclic) bond motifs is 1. The largest absolute Gasteiger partial charge is 0.399 e. The molecular formula is C12H16N4O2. The Kier molecular flexibility index (Phi) is 3.47. The number of anilines is 1. The molecule has 1 amide bonds. The van der Waals surface area contributed by atoms with Crippen molar-refractivity contribution in [3.8, 4) is 0 Å². The van der Waals surface area contributed by atoms with Crippen molar-refractivity contribution >= 4 is 22.5 Å². The fourth-order valence-corrected chi connectivity index (χ4v) is 1.61. The zero-order chi connectivity index (χ0) is 13.1. The van der Waals surface area contributed by atoms with Crippen LogP contribution in [0.3, 0.4) is 0 Å². The third-order valence-corrected chi connectivity index (χ3v) is 2.75. The number of hydrogen-bond donors (Lipinski definition) is 3. The molecule has 0 saturated carbocycles. The molecule has 18 heavy (non-hydrogen) atoms. The minimum Gasteiger partial charge on any atom is -0.399 e. The SMILES string of the molecule is COC(C)CNC(=O)c1n[nH]c2ccc(N)cc12. The van der Waals surface area contributed by atoms with E-state index in [1.807, 2.05) is 6.92 Å². The number of nitrogens with zero attached hydrogens (tertiary/aromatic N) is 1. The van der Waals surface area contributed by atoms with Gasteiger partial charge in [0.25, 0.3) is 5.91 Å². The summed E-state index contributed by atoms with van der Waals surface area (Å²) >= 11 is 0. The summed E-state index contributed by atoms with van der Waals surface area (Å²) in [5.41, 5.74) is 7.44. The van der Waals surface area contributed by atoms with E-state index in [-0.39, 0.29) is 12.0 Å². The number of methoxy groups -OCH3 is 1. The number of ether oxygens (including phenoxy) is 1. The van der Waals surface area contributed by atoms with Crippen LogP contribution in [0.5, 0.6) is 0 Å². The Labute approximate surface area is 104 Å². The molecule has 4 N–H and O–H groups in total. The second-order valence-corrected chi connectivity index (χ2v) is 4.13. The zero-order valence-electron chi connectivity index (χ0n) is 10.4. The van der Waals surface area contributed by atoms with E-state index in [0.29, 0.717) is 17.9 Å². The number of nitrogens with two attached hydrogens (primary N) is 1. The topological polar surface area (TPSA) is 93.0 Å². The van der Waals surface area contributed by atoms with Crippen LogP contribution in [0.25, 0.3) is 10.9 Å². The third kappa shape index (κ3) is 2.43. The fourth-order valence-electron chi connectivity index (χ4n) is 1.61. The summed E-state index contributed by atoms with van der Waals surface area (Å²) in [7, 11) is 1.60. The molecule has 0 aliphatic rings. The first kappa shape index (κ1) is 12.4. The number of nitrogens with one attached hydrogen (secondary N) is 2. The van der Waals surface area contributed by atoms with Gasteiger partial charge in [0.2, 0.25) is 0 Å². The summed E-state index contributed by atoms with van der Waals surface area (Å²) in [5, 5.41) is 10.3. The van der Waals surface area contributed by atoms with Gasteiger partial charge in [-0.15, -0.1) is 0 Å². The standard InChI is InChI=1S/C12H16N4O2/c1-7(18-2)6-14-12(17)11-9-5-8(13)3-4-10(9)15-16-11/h3-5,7H,6,13H2,1-2H3,(H,14,17)(H,15,16). The molecule has 0 aliphatic carbocycles. The monoisotopic (exact) mass is 248 g/mol. The molecule has 6 heteroatoms. The molecule has 6 nitrogen and oxygen atoms in total.